The average Bonchev–Trinajstić information content (AvgIpc) is 2.95. The topological polar surface area (TPSA) is 49.9 Å². The van der Waals surface area contributed by atoms with Crippen LogP contribution in [-0.4, -0.2) is 53.1 Å². The van der Waals surface area contributed by atoms with Crippen molar-refractivity contribution in [2.45, 2.75) is 45.3 Å². The van der Waals surface area contributed by atoms with E-state index in [2.05, 4.69) is 0 Å². The molecule has 4 rings (SSSR count). The van der Waals surface area contributed by atoms with E-state index in [-0.39, 0.29) is 42.2 Å². The Morgan fingerprint density at radius 1 is 1.36 bits per heavy atom. The molecule has 122 valence electrons. The fraction of sp³-hybridized carbons (Fsp3) is 0.750. The van der Waals surface area contributed by atoms with Gasteiger partial charge in [0.1, 0.15) is 11.4 Å². The highest BCUT2D eigenvalue weighted by molar-refractivity contribution is 5.83. The normalized spacial score (nSPS) is 30.7. The number of hydrogen-bond acceptors (Lipinski definition) is 3. The molecule has 3 fully saturated rings. The molecule has 0 radical (unpaired) electrons. The summed E-state index contributed by atoms with van der Waals surface area (Å²) in [5.41, 5.74) is -0.537. The molecule has 3 atom stereocenters. The van der Waals surface area contributed by atoms with Crippen LogP contribution in [0.1, 0.15) is 33.6 Å². The molecule has 4 aliphatic rings. The zero-order valence-corrected chi connectivity index (χ0v) is 13.3. The van der Waals surface area contributed by atoms with Gasteiger partial charge < -0.3 is 14.5 Å². The van der Waals surface area contributed by atoms with Gasteiger partial charge in [0.05, 0.1) is 12.5 Å². The third-order valence-electron chi connectivity index (χ3n) is 4.63. The molecule has 2 amide bonds. The first-order valence-corrected chi connectivity index (χ1v) is 7.89. The standard InChI is InChI=1S/C16H23FN2O3/c1-16(2,3)22-15(21)19-8-10-7-12(19)13(10)14(20)18-6-4-5-11(17)9-18/h5,10,12-13H,4,6-9H2,1-3H3. The summed E-state index contributed by atoms with van der Waals surface area (Å²) in [7, 11) is 0. The quantitative estimate of drug-likeness (QED) is 0.747. The van der Waals surface area contributed by atoms with Crippen LogP contribution in [0.25, 0.3) is 0 Å². The smallest absolute Gasteiger partial charge is 0.410 e. The maximum absolute atomic E-state index is 13.4. The Morgan fingerprint density at radius 2 is 2.09 bits per heavy atom. The average molecular weight is 310 g/mol. The molecule has 2 bridgehead atoms. The molecule has 0 aromatic heterocycles. The third-order valence-corrected chi connectivity index (χ3v) is 4.63. The minimum Gasteiger partial charge on any atom is -0.444 e. The predicted molar refractivity (Wildman–Crippen MR) is 78.7 cm³/mol. The van der Waals surface area contributed by atoms with Crippen LogP contribution >= 0.6 is 0 Å². The molecule has 3 unspecified atom stereocenters. The van der Waals surface area contributed by atoms with E-state index in [4.69, 9.17) is 4.74 Å². The van der Waals surface area contributed by atoms with Crippen molar-refractivity contribution in [2.75, 3.05) is 19.6 Å². The molecular weight excluding hydrogens is 287 g/mol. The first-order chi connectivity index (χ1) is 10.3. The van der Waals surface area contributed by atoms with E-state index in [1.807, 2.05) is 20.8 Å². The summed E-state index contributed by atoms with van der Waals surface area (Å²) in [6, 6.07) is -0.0821. The fourth-order valence-electron chi connectivity index (χ4n) is 3.62. The van der Waals surface area contributed by atoms with Gasteiger partial charge in [-0.2, -0.15) is 0 Å². The second-order valence-electron chi connectivity index (χ2n) is 7.42. The van der Waals surface area contributed by atoms with E-state index < -0.39 is 5.60 Å². The second-order valence-corrected chi connectivity index (χ2v) is 7.42. The molecule has 0 N–H and O–H groups in total. The zero-order valence-electron chi connectivity index (χ0n) is 13.3. The molecule has 0 aromatic rings. The van der Waals surface area contributed by atoms with Crippen LogP contribution in [0.15, 0.2) is 11.9 Å². The van der Waals surface area contributed by atoms with E-state index in [9.17, 15) is 14.0 Å². The summed E-state index contributed by atoms with van der Waals surface area (Å²) in [5.74, 6) is -0.247. The van der Waals surface area contributed by atoms with Gasteiger partial charge in [-0.3, -0.25) is 4.79 Å². The molecule has 6 heteroatoms. The summed E-state index contributed by atoms with van der Waals surface area (Å²) in [6.45, 7) is 6.70. The number of nitrogens with zero attached hydrogens (tertiary/aromatic N) is 2. The van der Waals surface area contributed by atoms with Crippen molar-refractivity contribution in [3.63, 3.8) is 0 Å². The molecule has 3 heterocycles. The van der Waals surface area contributed by atoms with Gasteiger partial charge in [0, 0.05) is 19.1 Å². The Hall–Kier alpha value is -1.59. The van der Waals surface area contributed by atoms with Crippen molar-refractivity contribution >= 4 is 12.0 Å². The molecule has 5 nitrogen and oxygen atoms in total. The highest BCUT2D eigenvalue weighted by Gasteiger charge is 2.58. The first kappa shape index (κ1) is 15.3. The SMILES string of the molecule is CC(C)(C)OC(=O)N1CC2CC1C2C(=O)N1CCC=C(F)C1. The number of fused-ring (bicyclic) bond motifs is 1. The number of carbonyl (C=O) groups excluding carboxylic acids is 2. The summed E-state index contributed by atoms with van der Waals surface area (Å²) in [6.07, 6.45) is 2.60. The maximum atomic E-state index is 13.4. The lowest BCUT2D eigenvalue weighted by Gasteiger charge is -2.39. The zero-order chi connectivity index (χ0) is 16.1. The summed E-state index contributed by atoms with van der Waals surface area (Å²) in [4.78, 5) is 28.1. The molecule has 1 aliphatic carbocycles. The minimum atomic E-state index is -0.537. The van der Waals surface area contributed by atoms with Gasteiger partial charge in [0.25, 0.3) is 0 Å². The van der Waals surface area contributed by atoms with Crippen molar-refractivity contribution in [3.8, 4) is 0 Å². The lowest BCUT2D eigenvalue weighted by Crippen LogP contribution is -2.52. The number of rotatable bonds is 1. The Morgan fingerprint density at radius 3 is 2.73 bits per heavy atom. The Labute approximate surface area is 130 Å². The van der Waals surface area contributed by atoms with Crippen LogP contribution in [0.5, 0.6) is 0 Å². The highest BCUT2D eigenvalue weighted by Crippen LogP contribution is 2.47. The van der Waals surface area contributed by atoms with Crippen molar-refractivity contribution in [1.82, 2.24) is 9.80 Å². The van der Waals surface area contributed by atoms with Crippen molar-refractivity contribution in [3.05, 3.63) is 11.9 Å². The molecule has 0 aromatic carbocycles. The number of ether oxygens (including phenoxy) is 1. The van der Waals surface area contributed by atoms with E-state index in [0.717, 1.165) is 6.42 Å². The summed E-state index contributed by atoms with van der Waals surface area (Å²) >= 11 is 0. The van der Waals surface area contributed by atoms with Crippen LogP contribution in [0.3, 0.4) is 0 Å². The van der Waals surface area contributed by atoms with Gasteiger partial charge in [-0.05, 0) is 45.6 Å². The van der Waals surface area contributed by atoms with Crippen molar-refractivity contribution in [1.29, 1.82) is 0 Å². The summed E-state index contributed by atoms with van der Waals surface area (Å²) in [5, 5.41) is 0. The van der Waals surface area contributed by atoms with E-state index in [1.54, 1.807) is 9.80 Å². The van der Waals surface area contributed by atoms with Crippen LogP contribution in [0, 0.1) is 11.8 Å². The van der Waals surface area contributed by atoms with Gasteiger partial charge in [0.2, 0.25) is 5.91 Å². The lowest BCUT2D eigenvalue weighted by atomic mass is 9.73. The largest absolute Gasteiger partial charge is 0.444 e. The van der Waals surface area contributed by atoms with Crippen molar-refractivity contribution in [2.24, 2.45) is 11.8 Å². The van der Waals surface area contributed by atoms with Gasteiger partial charge in [-0.25, -0.2) is 9.18 Å². The molecule has 0 spiro atoms. The predicted octanol–water partition coefficient (Wildman–Crippen LogP) is 2.33. The van der Waals surface area contributed by atoms with Crippen LogP contribution in [0.4, 0.5) is 9.18 Å². The fourth-order valence-corrected chi connectivity index (χ4v) is 3.62. The number of carbonyl (C=O) groups is 2. The lowest BCUT2D eigenvalue weighted by molar-refractivity contribution is -0.140. The van der Waals surface area contributed by atoms with Crippen LogP contribution in [0.2, 0.25) is 0 Å². The van der Waals surface area contributed by atoms with E-state index in [0.29, 0.717) is 19.5 Å². The number of hydrogen-bond donors (Lipinski definition) is 0. The van der Waals surface area contributed by atoms with E-state index in [1.165, 1.54) is 6.08 Å². The van der Waals surface area contributed by atoms with Gasteiger partial charge >= 0.3 is 6.09 Å². The first-order valence-electron chi connectivity index (χ1n) is 7.89. The molecule has 22 heavy (non-hydrogen) atoms. The molecular formula is C16H23FN2O3. The second kappa shape index (κ2) is 5.25. The van der Waals surface area contributed by atoms with Crippen LogP contribution in [-0.2, 0) is 9.53 Å². The molecule has 3 aliphatic heterocycles. The van der Waals surface area contributed by atoms with Gasteiger partial charge in [0.15, 0.2) is 0 Å². The Balaban J connectivity index is 1.63. The minimum absolute atomic E-state index is 0.0180. The maximum Gasteiger partial charge on any atom is 0.410 e. The number of halogens is 1. The van der Waals surface area contributed by atoms with Crippen LogP contribution < -0.4 is 0 Å². The molecule has 1 saturated carbocycles. The third kappa shape index (κ3) is 2.71. The monoisotopic (exact) mass is 310 g/mol. The Kier molecular flexibility index (Phi) is 3.65. The van der Waals surface area contributed by atoms with Gasteiger partial charge in [-0.1, -0.05) is 0 Å². The van der Waals surface area contributed by atoms with E-state index >= 15 is 0 Å². The molecule has 2 saturated heterocycles. The van der Waals surface area contributed by atoms with Crippen molar-refractivity contribution < 1.29 is 18.7 Å². The number of amides is 2. The highest BCUT2D eigenvalue weighted by atomic mass is 19.1. The summed E-state index contributed by atoms with van der Waals surface area (Å²) < 4.78 is 18.8. The Bertz CT molecular complexity index is 526. The van der Waals surface area contributed by atoms with Gasteiger partial charge in [-0.15, -0.1) is 0 Å².